The Morgan fingerprint density at radius 1 is 1.13 bits per heavy atom. The van der Waals surface area contributed by atoms with Crippen molar-refractivity contribution in [3.8, 4) is 5.75 Å². The van der Waals surface area contributed by atoms with E-state index in [4.69, 9.17) is 9.47 Å². The van der Waals surface area contributed by atoms with Crippen LogP contribution in [0.1, 0.15) is 39.7 Å². The lowest BCUT2D eigenvalue weighted by Crippen LogP contribution is -2.28. The highest BCUT2D eigenvalue weighted by Crippen LogP contribution is 2.31. The van der Waals surface area contributed by atoms with Gasteiger partial charge in [0.1, 0.15) is 17.4 Å². The van der Waals surface area contributed by atoms with Gasteiger partial charge in [-0.3, -0.25) is 4.99 Å². The van der Waals surface area contributed by atoms with Crippen LogP contribution in [0.5, 0.6) is 5.75 Å². The van der Waals surface area contributed by atoms with Gasteiger partial charge in [0.15, 0.2) is 17.4 Å². The first-order valence-corrected chi connectivity index (χ1v) is 9.66. The predicted octanol–water partition coefficient (Wildman–Crippen LogP) is 3.99. The fraction of sp³-hybridized carbons (Fsp3) is 0.476. The maximum atomic E-state index is 14.6. The van der Waals surface area contributed by atoms with Crippen LogP contribution in [0.4, 0.5) is 13.2 Å². The lowest BCUT2D eigenvalue weighted by atomic mass is 9.99. The molecule has 1 rings (SSSR count). The summed E-state index contributed by atoms with van der Waals surface area (Å²) in [4.78, 5) is 28.6. The van der Waals surface area contributed by atoms with Crippen molar-refractivity contribution in [3.05, 3.63) is 34.7 Å². The fourth-order valence-corrected chi connectivity index (χ4v) is 2.54. The zero-order chi connectivity index (χ0) is 23.7. The predicted molar refractivity (Wildman–Crippen MR) is 107 cm³/mol. The molecule has 0 amide bonds. The summed E-state index contributed by atoms with van der Waals surface area (Å²) in [7, 11) is 0.912. The van der Waals surface area contributed by atoms with E-state index in [9.17, 15) is 27.9 Å². The number of aliphatic hydroxyl groups excluding tert-OH is 1. The summed E-state index contributed by atoms with van der Waals surface area (Å²) in [6, 6.07) is -0.654. The van der Waals surface area contributed by atoms with Gasteiger partial charge in [-0.15, -0.1) is 0 Å². The normalized spacial score (nSPS) is 14.1. The summed E-state index contributed by atoms with van der Waals surface area (Å²) in [6.45, 7) is 6.66. The summed E-state index contributed by atoms with van der Waals surface area (Å²) in [5, 5.41) is 10.5. The van der Waals surface area contributed by atoms with Crippen molar-refractivity contribution in [1.82, 2.24) is 0 Å². The molecule has 0 fully saturated rings. The number of nitrogens with zero attached hydrogens (tertiary/aromatic N) is 1. The van der Waals surface area contributed by atoms with Gasteiger partial charge in [-0.25, -0.2) is 18.4 Å². The first-order valence-electron chi connectivity index (χ1n) is 9.66. The lowest BCUT2D eigenvalue weighted by molar-refractivity contribution is -0.146. The molecular weight excluding hydrogens is 419 g/mol. The van der Waals surface area contributed by atoms with Crippen LogP contribution in [0.15, 0.2) is 16.6 Å². The molecule has 10 heteroatoms. The highest BCUT2D eigenvalue weighted by molar-refractivity contribution is 6.15. The Balaban J connectivity index is 3.64. The van der Waals surface area contributed by atoms with E-state index in [-0.39, 0.29) is 19.1 Å². The van der Waals surface area contributed by atoms with Gasteiger partial charge < -0.3 is 19.3 Å². The molecule has 2 atom stereocenters. The van der Waals surface area contributed by atoms with Crippen molar-refractivity contribution >= 4 is 23.9 Å². The zero-order valence-electron chi connectivity index (χ0n) is 18.0. The van der Waals surface area contributed by atoms with E-state index >= 15 is 0 Å². The molecule has 172 valence electrons. The number of esters is 2. The average molecular weight is 445 g/mol. The Morgan fingerprint density at radius 3 is 2.26 bits per heavy atom. The minimum absolute atomic E-state index is 0.0975. The summed E-state index contributed by atoms with van der Waals surface area (Å²) in [5.74, 6) is -8.74. The zero-order valence-corrected chi connectivity index (χ0v) is 18.0. The molecule has 0 saturated heterocycles. The van der Waals surface area contributed by atoms with Gasteiger partial charge in [0, 0.05) is 6.21 Å². The van der Waals surface area contributed by atoms with Gasteiger partial charge in [-0.1, -0.05) is 20.3 Å². The minimum Gasteiger partial charge on any atom is -0.506 e. The number of carbonyl (C=O) groups excluding carboxylic acids is 2. The standard InChI is InChI=1S/C21H26F3NO6/c1-6-11(4)17(21(28)31-8-3)25-10-13(20(27)30-7-2)18(26)12-9-14(22)16(24)19(29-5)15(12)23/h9-11,17,26H,6-8H2,1-5H3/b18-13-,25-10?/t11-,17-/m0/s1. The molecule has 7 nitrogen and oxygen atoms in total. The molecule has 0 saturated carbocycles. The number of aliphatic imine (C=N–C) groups is 1. The van der Waals surface area contributed by atoms with Crippen molar-refractivity contribution in [2.45, 2.75) is 40.2 Å². The molecule has 0 aliphatic heterocycles. The van der Waals surface area contributed by atoms with Crippen molar-refractivity contribution in [2.75, 3.05) is 20.3 Å². The molecule has 0 heterocycles. The van der Waals surface area contributed by atoms with Crippen LogP contribution in [0, 0.1) is 23.4 Å². The van der Waals surface area contributed by atoms with Crippen LogP contribution in [-0.4, -0.2) is 49.6 Å². The lowest BCUT2D eigenvalue weighted by Gasteiger charge is -2.17. The van der Waals surface area contributed by atoms with Crippen LogP contribution < -0.4 is 4.74 Å². The van der Waals surface area contributed by atoms with Crippen LogP contribution in [0.2, 0.25) is 0 Å². The van der Waals surface area contributed by atoms with E-state index in [1.807, 2.05) is 6.92 Å². The van der Waals surface area contributed by atoms with Crippen LogP contribution in [0.3, 0.4) is 0 Å². The number of hydrogen-bond acceptors (Lipinski definition) is 7. The molecule has 1 aromatic carbocycles. The van der Waals surface area contributed by atoms with Gasteiger partial charge in [-0.05, 0) is 25.8 Å². The maximum absolute atomic E-state index is 14.6. The minimum atomic E-state index is -1.60. The van der Waals surface area contributed by atoms with Crippen molar-refractivity contribution in [1.29, 1.82) is 0 Å². The molecule has 0 aliphatic carbocycles. The second-order valence-electron chi connectivity index (χ2n) is 6.41. The Labute approximate surface area is 178 Å². The summed E-state index contributed by atoms with van der Waals surface area (Å²) >= 11 is 0. The molecule has 0 bridgehead atoms. The number of hydrogen-bond donors (Lipinski definition) is 1. The Morgan fingerprint density at radius 2 is 1.74 bits per heavy atom. The van der Waals surface area contributed by atoms with E-state index in [2.05, 4.69) is 9.73 Å². The third-order valence-corrected chi connectivity index (χ3v) is 4.40. The molecule has 0 aromatic heterocycles. The van der Waals surface area contributed by atoms with Gasteiger partial charge in [0.2, 0.25) is 5.82 Å². The summed E-state index contributed by atoms with van der Waals surface area (Å²) in [6.07, 6.45) is 1.37. The number of ether oxygens (including phenoxy) is 3. The Kier molecular flexibility index (Phi) is 10.0. The molecule has 0 aliphatic rings. The molecule has 1 aromatic rings. The number of benzene rings is 1. The third-order valence-electron chi connectivity index (χ3n) is 4.40. The van der Waals surface area contributed by atoms with Crippen LogP contribution in [-0.2, 0) is 19.1 Å². The first kappa shape index (κ1) is 26.0. The third kappa shape index (κ3) is 6.22. The van der Waals surface area contributed by atoms with E-state index < -0.39 is 58.1 Å². The average Bonchev–Trinajstić information content (AvgIpc) is 2.73. The first-order chi connectivity index (χ1) is 14.6. The van der Waals surface area contributed by atoms with Crippen LogP contribution in [0.25, 0.3) is 5.76 Å². The van der Waals surface area contributed by atoms with E-state index in [0.717, 1.165) is 13.3 Å². The van der Waals surface area contributed by atoms with Crippen molar-refractivity contribution < 1.29 is 42.1 Å². The smallest absolute Gasteiger partial charge is 0.343 e. The monoisotopic (exact) mass is 445 g/mol. The Bertz CT molecular complexity index is 869. The molecule has 31 heavy (non-hydrogen) atoms. The second-order valence-corrected chi connectivity index (χ2v) is 6.41. The van der Waals surface area contributed by atoms with Gasteiger partial charge in [0.05, 0.1) is 25.9 Å². The van der Waals surface area contributed by atoms with Gasteiger partial charge in [-0.2, -0.15) is 4.39 Å². The molecule has 0 radical (unpaired) electrons. The quantitative estimate of drug-likeness (QED) is 0.192. The van der Waals surface area contributed by atoms with Crippen molar-refractivity contribution in [2.24, 2.45) is 10.9 Å². The number of methoxy groups -OCH3 is 1. The Hall–Kier alpha value is -3.04. The summed E-state index contributed by atoms with van der Waals surface area (Å²) in [5.41, 5.74) is -1.51. The topological polar surface area (TPSA) is 94.4 Å². The number of carbonyl (C=O) groups is 2. The molecule has 0 unspecified atom stereocenters. The van der Waals surface area contributed by atoms with Crippen LogP contribution >= 0.6 is 0 Å². The number of aliphatic hydroxyl groups is 1. The van der Waals surface area contributed by atoms with Gasteiger partial charge >= 0.3 is 11.9 Å². The molecule has 0 spiro atoms. The van der Waals surface area contributed by atoms with E-state index in [1.165, 1.54) is 6.92 Å². The van der Waals surface area contributed by atoms with Gasteiger partial charge in [0.25, 0.3) is 0 Å². The highest BCUT2D eigenvalue weighted by Gasteiger charge is 2.28. The maximum Gasteiger partial charge on any atom is 0.343 e. The van der Waals surface area contributed by atoms with Crippen molar-refractivity contribution in [3.63, 3.8) is 0 Å². The number of halogens is 3. The fourth-order valence-electron chi connectivity index (χ4n) is 2.54. The number of rotatable bonds is 10. The second kappa shape index (κ2) is 12.0. The van der Waals surface area contributed by atoms with E-state index in [1.54, 1.807) is 13.8 Å². The SMILES string of the molecule is CCOC(=O)/C(C=N[C@H](C(=O)OCC)[C@@H](C)CC)=C(\O)c1cc(F)c(F)c(OC)c1F. The largest absolute Gasteiger partial charge is 0.506 e. The summed E-state index contributed by atoms with van der Waals surface area (Å²) < 4.78 is 56.5. The van der Waals surface area contributed by atoms with E-state index in [0.29, 0.717) is 12.5 Å². The highest BCUT2D eigenvalue weighted by atomic mass is 19.2. The molecule has 1 N–H and O–H groups in total. The molecular formula is C21H26F3NO6.